The van der Waals surface area contributed by atoms with Crippen LogP contribution in [0, 0.1) is 5.92 Å². The Balaban J connectivity index is 1.92. The fourth-order valence-electron chi connectivity index (χ4n) is 2.41. The standard InChI is InChI=1S/C17H18N4O/c1-12(2)16(18-17(22)13-8-4-3-5-9-13)21-15-11-7-6-10-14(15)19-20-21/h3-12,16H,1-2H3,(H,18,22)/t16-/m0/s1. The Bertz CT molecular complexity index is 779. The van der Waals surface area contributed by atoms with E-state index in [9.17, 15) is 4.79 Å². The third kappa shape index (κ3) is 2.70. The van der Waals surface area contributed by atoms with Crippen molar-refractivity contribution in [3.05, 3.63) is 60.2 Å². The number of benzene rings is 2. The monoisotopic (exact) mass is 294 g/mol. The summed E-state index contributed by atoms with van der Waals surface area (Å²) in [6.07, 6.45) is -0.250. The third-order valence-electron chi connectivity index (χ3n) is 3.59. The van der Waals surface area contributed by atoms with Gasteiger partial charge in [0, 0.05) is 5.56 Å². The second-order valence-electron chi connectivity index (χ2n) is 5.55. The topological polar surface area (TPSA) is 59.8 Å². The van der Waals surface area contributed by atoms with E-state index < -0.39 is 0 Å². The Hall–Kier alpha value is -2.69. The molecule has 0 aliphatic heterocycles. The third-order valence-corrected chi connectivity index (χ3v) is 3.59. The van der Waals surface area contributed by atoms with E-state index in [1.165, 1.54) is 0 Å². The van der Waals surface area contributed by atoms with Gasteiger partial charge in [0.25, 0.3) is 5.91 Å². The van der Waals surface area contributed by atoms with Gasteiger partial charge in [-0.15, -0.1) is 5.10 Å². The summed E-state index contributed by atoms with van der Waals surface area (Å²) in [6.45, 7) is 4.10. The number of hydrogen-bond acceptors (Lipinski definition) is 3. The summed E-state index contributed by atoms with van der Waals surface area (Å²) in [4.78, 5) is 12.4. The van der Waals surface area contributed by atoms with E-state index in [1.54, 1.807) is 16.8 Å². The first-order chi connectivity index (χ1) is 10.7. The van der Waals surface area contributed by atoms with E-state index >= 15 is 0 Å². The maximum absolute atomic E-state index is 12.4. The number of hydrogen-bond donors (Lipinski definition) is 1. The Labute approximate surface area is 129 Å². The van der Waals surface area contributed by atoms with Gasteiger partial charge in [-0.3, -0.25) is 4.79 Å². The van der Waals surface area contributed by atoms with Gasteiger partial charge in [0.1, 0.15) is 11.7 Å². The van der Waals surface area contributed by atoms with E-state index in [0.717, 1.165) is 11.0 Å². The molecule has 3 rings (SSSR count). The predicted molar refractivity (Wildman–Crippen MR) is 85.3 cm³/mol. The molecule has 1 N–H and O–H groups in total. The number of rotatable bonds is 4. The maximum Gasteiger partial charge on any atom is 0.252 e. The van der Waals surface area contributed by atoms with Crippen molar-refractivity contribution in [2.75, 3.05) is 0 Å². The van der Waals surface area contributed by atoms with Crippen molar-refractivity contribution in [1.29, 1.82) is 0 Å². The Morgan fingerprint density at radius 2 is 1.73 bits per heavy atom. The van der Waals surface area contributed by atoms with Crippen molar-refractivity contribution in [3.63, 3.8) is 0 Å². The van der Waals surface area contributed by atoms with Gasteiger partial charge in [0.2, 0.25) is 0 Å². The summed E-state index contributed by atoms with van der Waals surface area (Å²) in [5.74, 6) is 0.0663. The van der Waals surface area contributed by atoms with Crippen LogP contribution in [-0.2, 0) is 0 Å². The number of para-hydroxylation sites is 1. The van der Waals surface area contributed by atoms with Crippen LogP contribution < -0.4 is 5.32 Å². The van der Waals surface area contributed by atoms with E-state index in [4.69, 9.17) is 0 Å². The number of nitrogens with one attached hydrogen (secondary N) is 1. The van der Waals surface area contributed by atoms with Crippen LogP contribution in [0.5, 0.6) is 0 Å². The Morgan fingerprint density at radius 3 is 2.45 bits per heavy atom. The molecule has 0 spiro atoms. The number of fused-ring (bicyclic) bond motifs is 1. The van der Waals surface area contributed by atoms with Gasteiger partial charge in [0.15, 0.2) is 0 Å². The maximum atomic E-state index is 12.4. The minimum Gasteiger partial charge on any atom is -0.330 e. The molecule has 1 amide bonds. The first-order valence-corrected chi connectivity index (χ1v) is 7.32. The van der Waals surface area contributed by atoms with E-state index in [-0.39, 0.29) is 18.0 Å². The zero-order chi connectivity index (χ0) is 15.5. The van der Waals surface area contributed by atoms with Gasteiger partial charge in [-0.1, -0.05) is 49.4 Å². The summed E-state index contributed by atoms with van der Waals surface area (Å²) in [6, 6.07) is 16.9. The molecule has 3 aromatic rings. The molecule has 1 heterocycles. The zero-order valence-corrected chi connectivity index (χ0v) is 12.6. The first kappa shape index (κ1) is 14.3. The quantitative estimate of drug-likeness (QED) is 0.804. The lowest BCUT2D eigenvalue weighted by Gasteiger charge is -2.23. The minimum atomic E-state index is -0.250. The molecule has 5 heteroatoms. The highest BCUT2D eigenvalue weighted by atomic mass is 16.1. The van der Waals surface area contributed by atoms with Crippen LogP contribution in [-0.4, -0.2) is 20.9 Å². The predicted octanol–water partition coefficient (Wildman–Crippen LogP) is 3.02. The molecule has 0 bridgehead atoms. The van der Waals surface area contributed by atoms with Crippen LogP contribution in [0.4, 0.5) is 0 Å². The van der Waals surface area contributed by atoms with Crippen molar-refractivity contribution < 1.29 is 4.79 Å². The molecule has 0 aliphatic carbocycles. The van der Waals surface area contributed by atoms with Gasteiger partial charge in [-0.05, 0) is 30.2 Å². The summed E-state index contributed by atoms with van der Waals surface area (Å²) >= 11 is 0. The van der Waals surface area contributed by atoms with Crippen molar-refractivity contribution >= 4 is 16.9 Å². The lowest BCUT2D eigenvalue weighted by molar-refractivity contribution is 0.0896. The van der Waals surface area contributed by atoms with Crippen LogP contribution >= 0.6 is 0 Å². The largest absolute Gasteiger partial charge is 0.330 e. The highest BCUT2D eigenvalue weighted by Crippen LogP contribution is 2.20. The molecule has 1 aromatic heterocycles. The normalized spacial score (nSPS) is 12.5. The first-order valence-electron chi connectivity index (χ1n) is 7.32. The average Bonchev–Trinajstić information content (AvgIpc) is 2.96. The molecule has 0 aliphatic rings. The number of amides is 1. The van der Waals surface area contributed by atoms with Crippen LogP contribution in [0.1, 0.15) is 30.4 Å². The second-order valence-corrected chi connectivity index (χ2v) is 5.55. The molecular formula is C17H18N4O. The highest BCUT2D eigenvalue weighted by Gasteiger charge is 2.21. The van der Waals surface area contributed by atoms with Gasteiger partial charge in [-0.25, -0.2) is 4.68 Å². The summed E-state index contributed by atoms with van der Waals surface area (Å²) in [7, 11) is 0. The average molecular weight is 294 g/mol. The molecule has 22 heavy (non-hydrogen) atoms. The van der Waals surface area contributed by atoms with Crippen molar-refractivity contribution in [2.24, 2.45) is 5.92 Å². The molecule has 2 aromatic carbocycles. The number of aromatic nitrogens is 3. The smallest absolute Gasteiger partial charge is 0.252 e. The molecule has 0 radical (unpaired) electrons. The van der Waals surface area contributed by atoms with Crippen molar-refractivity contribution in [2.45, 2.75) is 20.0 Å². The summed E-state index contributed by atoms with van der Waals surface area (Å²) in [5, 5.41) is 11.4. The number of nitrogens with zero attached hydrogens (tertiary/aromatic N) is 3. The van der Waals surface area contributed by atoms with E-state index in [2.05, 4.69) is 15.6 Å². The molecule has 5 nitrogen and oxygen atoms in total. The molecular weight excluding hydrogens is 276 g/mol. The number of carbonyl (C=O) groups is 1. The van der Waals surface area contributed by atoms with Gasteiger partial charge in [0.05, 0.1) is 5.52 Å². The highest BCUT2D eigenvalue weighted by molar-refractivity contribution is 5.94. The number of carbonyl (C=O) groups excluding carboxylic acids is 1. The van der Waals surface area contributed by atoms with Crippen LogP contribution in [0.15, 0.2) is 54.6 Å². The molecule has 112 valence electrons. The Kier molecular flexibility index (Phi) is 3.87. The fraction of sp³-hybridized carbons (Fsp3) is 0.235. The lowest BCUT2D eigenvalue weighted by atomic mass is 10.1. The molecule has 0 saturated heterocycles. The van der Waals surface area contributed by atoms with Crippen molar-refractivity contribution in [3.8, 4) is 0 Å². The lowest BCUT2D eigenvalue weighted by Crippen LogP contribution is -2.36. The Morgan fingerprint density at radius 1 is 1.05 bits per heavy atom. The summed E-state index contributed by atoms with van der Waals surface area (Å²) < 4.78 is 1.78. The molecule has 1 atom stereocenters. The van der Waals surface area contributed by atoms with Crippen LogP contribution in [0.2, 0.25) is 0 Å². The summed E-state index contributed by atoms with van der Waals surface area (Å²) in [5.41, 5.74) is 2.37. The van der Waals surface area contributed by atoms with Crippen molar-refractivity contribution in [1.82, 2.24) is 20.3 Å². The molecule has 0 unspecified atom stereocenters. The van der Waals surface area contributed by atoms with Gasteiger partial charge < -0.3 is 5.32 Å². The van der Waals surface area contributed by atoms with E-state index in [1.807, 2.05) is 56.3 Å². The van der Waals surface area contributed by atoms with Crippen LogP contribution in [0.3, 0.4) is 0 Å². The zero-order valence-electron chi connectivity index (χ0n) is 12.6. The second kappa shape index (κ2) is 5.97. The van der Waals surface area contributed by atoms with Gasteiger partial charge >= 0.3 is 0 Å². The minimum absolute atomic E-state index is 0.112. The van der Waals surface area contributed by atoms with E-state index in [0.29, 0.717) is 5.56 Å². The SMILES string of the molecule is CC(C)[C@@H](NC(=O)c1ccccc1)n1nnc2ccccc21. The van der Waals surface area contributed by atoms with Gasteiger partial charge in [-0.2, -0.15) is 0 Å². The molecule has 0 fully saturated rings. The fourth-order valence-corrected chi connectivity index (χ4v) is 2.41. The van der Waals surface area contributed by atoms with Crippen LogP contribution in [0.25, 0.3) is 11.0 Å². The molecule has 0 saturated carbocycles.